The molecule has 0 unspecified atom stereocenters. The van der Waals surface area contributed by atoms with Gasteiger partial charge in [0.2, 0.25) is 0 Å². The summed E-state index contributed by atoms with van der Waals surface area (Å²) in [5, 5.41) is 12.6. The van der Waals surface area contributed by atoms with Crippen LogP contribution >= 0.6 is 11.6 Å². The van der Waals surface area contributed by atoms with Crippen molar-refractivity contribution >= 4 is 46.0 Å². The molecule has 4 rings (SSSR count). The van der Waals surface area contributed by atoms with E-state index in [-0.39, 0.29) is 11.6 Å². The number of hydrogen-bond donors (Lipinski definition) is 1. The van der Waals surface area contributed by atoms with Crippen LogP contribution in [-0.2, 0) is 11.3 Å². The van der Waals surface area contributed by atoms with E-state index in [4.69, 9.17) is 11.6 Å². The molecular weight excluding hydrogens is 348 g/mol. The van der Waals surface area contributed by atoms with Crippen molar-refractivity contribution in [3.05, 3.63) is 77.5 Å². The average molecular weight is 363 g/mol. The Labute approximate surface area is 155 Å². The van der Waals surface area contributed by atoms with Crippen molar-refractivity contribution in [2.75, 3.05) is 5.32 Å². The molecular formula is C20H15ClN4O. The van der Waals surface area contributed by atoms with Gasteiger partial charge in [-0.3, -0.25) is 4.79 Å². The summed E-state index contributed by atoms with van der Waals surface area (Å²) < 4.78 is 2.09. The fourth-order valence-corrected chi connectivity index (χ4v) is 3.21. The van der Waals surface area contributed by atoms with Crippen LogP contribution in [0.3, 0.4) is 0 Å². The van der Waals surface area contributed by atoms with E-state index in [0.29, 0.717) is 22.8 Å². The molecule has 0 saturated carbocycles. The van der Waals surface area contributed by atoms with Crippen molar-refractivity contribution in [2.24, 2.45) is 10.2 Å². The molecule has 0 fully saturated rings. The summed E-state index contributed by atoms with van der Waals surface area (Å²) >= 11 is 6.02. The molecule has 0 atom stereocenters. The first kappa shape index (κ1) is 16.3. The van der Waals surface area contributed by atoms with E-state index in [2.05, 4.69) is 26.7 Å². The lowest BCUT2D eigenvalue weighted by Crippen LogP contribution is -2.13. The van der Waals surface area contributed by atoms with Gasteiger partial charge in [-0.15, -0.1) is 11.7 Å². The summed E-state index contributed by atoms with van der Waals surface area (Å²) in [6.45, 7) is 4.50. The molecule has 1 amide bonds. The standard InChI is InChI=1S/C20H15ClN4O/c1-2-9-25-12-13(15-5-3-4-6-18(15)25)11-22-24-19-16-10-14(21)7-8-17(16)23-20(19)26/h2-8,10-12H,1,9H2,(H,23,24,26)/b22-11-. The molecule has 128 valence electrons. The van der Waals surface area contributed by atoms with Crippen molar-refractivity contribution in [3.8, 4) is 0 Å². The zero-order valence-electron chi connectivity index (χ0n) is 13.8. The van der Waals surface area contributed by atoms with Crippen molar-refractivity contribution in [3.63, 3.8) is 0 Å². The number of nitrogens with zero attached hydrogens (tertiary/aromatic N) is 3. The third kappa shape index (κ3) is 2.82. The van der Waals surface area contributed by atoms with E-state index in [1.54, 1.807) is 24.4 Å². The molecule has 1 aliphatic rings. The van der Waals surface area contributed by atoms with Crippen LogP contribution in [-0.4, -0.2) is 22.4 Å². The highest BCUT2D eigenvalue weighted by molar-refractivity contribution is 6.54. The van der Waals surface area contributed by atoms with E-state index in [0.717, 1.165) is 16.5 Å². The van der Waals surface area contributed by atoms with Gasteiger partial charge in [-0.2, -0.15) is 5.10 Å². The monoisotopic (exact) mass is 362 g/mol. The molecule has 2 aromatic carbocycles. The number of allylic oxidation sites excluding steroid dienone is 1. The number of anilines is 1. The Morgan fingerprint density at radius 1 is 1.23 bits per heavy atom. The van der Waals surface area contributed by atoms with Crippen LogP contribution in [0.2, 0.25) is 5.02 Å². The minimum atomic E-state index is -0.284. The number of aromatic nitrogens is 1. The van der Waals surface area contributed by atoms with Crippen LogP contribution in [0.5, 0.6) is 0 Å². The molecule has 0 radical (unpaired) electrons. The number of para-hydroxylation sites is 1. The molecule has 3 aromatic rings. The van der Waals surface area contributed by atoms with Gasteiger partial charge < -0.3 is 9.88 Å². The molecule has 0 bridgehead atoms. The number of rotatable bonds is 4. The fourth-order valence-electron chi connectivity index (χ4n) is 3.04. The molecule has 26 heavy (non-hydrogen) atoms. The molecule has 0 spiro atoms. The van der Waals surface area contributed by atoms with Crippen molar-refractivity contribution in [2.45, 2.75) is 6.54 Å². The van der Waals surface area contributed by atoms with E-state index in [1.807, 2.05) is 36.5 Å². The SMILES string of the molecule is C=CCn1cc(/C=N\N=C2\C(=O)Nc3ccc(Cl)cc32)c2ccccc21. The first-order valence-corrected chi connectivity index (χ1v) is 8.46. The van der Waals surface area contributed by atoms with Gasteiger partial charge in [0.25, 0.3) is 5.91 Å². The normalized spacial score (nSPS) is 15.0. The number of nitrogens with one attached hydrogen (secondary N) is 1. The molecule has 2 heterocycles. The summed E-state index contributed by atoms with van der Waals surface area (Å²) in [7, 11) is 0. The lowest BCUT2D eigenvalue weighted by Gasteiger charge is -1.98. The van der Waals surface area contributed by atoms with Crippen LogP contribution in [0.25, 0.3) is 10.9 Å². The maximum atomic E-state index is 12.1. The Hall–Kier alpha value is -3.18. The number of fused-ring (bicyclic) bond motifs is 2. The van der Waals surface area contributed by atoms with Crippen molar-refractivity contribution in [1.82, 2.24) is 4.57 Å². The zero-order chi connectivity index (χ0) is 18.1. The third-order valence-electron chi connectivity index (χ3n) is 4.20. The van der Waals surface area contributed by atoms with Crippen LogP contribution in [0.15, 0.2) is 71.5 Å². The number of hydrogen-bond acceptors (Lipinski definition) is 3. The molecule has 0 saturated heterocycles. The van der Waals surface area contributed by atoms with Crippen molar-refractivity contribution in [1.29, 1.82) is 0 Å². The summed E-state index contributed by atoms with van der Waals surface area (Å²) in [5.41, 5.74) is 3.63. The van der Waals surface area contributed by atoms with Gasteiger partial charge >= 0.3 is 0 Å². The number of halogens is 1. The summed E-state index contributed by atoms with van der Waals surface area (Å²) in [5.74, 6) is -0.284. The fraction of sp³-hybridized carbons (Fsp3) is 0.0500. The maximum Gasteiger partial charge on any atom is 0.276 e. The Morgan fingerprint density at radius 3 is 2.92 bits per heavy atom. The molecule has 6 heteroatoms. The van der Waals surface area contributed by atoms with Gasteiger partial charge in [0.05, 0.1) is 11.9 Å². The second-order valence-corrected chi connectivity index (χ2v) is 6.32. The lowest BCUT2D eigenvalue weighted by molar-refractivity contribution is -0.110. The smallest absolute Gasteiger partial charge is 0.276 e. The topological polar surface area (TPSA) is 58.8 Å². The maximum absolute atomic E-state index is 12.1. The Bertz CT molecular complexity index is 1090. The van der Waals surface area contributed by atoms with E-state index < -0.39 is 0 Å². The minimum Gasteiger partial charge on any atom is -0.343 e. The van der Waals surface area contributed by atoms with Gasteiger partial charge in [-0.25, -0.2) is 0 Å². The first-order valence-electron chi connectivity index (χ1n) is 8.08. The number of carbonyl (C=O) groups excluding carboxylic acids is 1. The second kappa shape index (κ2) is 6.61. The highest BCUT2D eigenvalue weighted by Gasteiger charge is 2.26. The van der Waals surface area contributed by atoms with Gasteiger partial charge in [0.15, 0.2) is 5.71 Å². The summed E-state index contributed by atoms with van der Waals surface area (Å²) in [6, 6.07) is 13.2. The number of benzene rings is 2. The van der Waals surface area contributed by atoms with Crippen LogP contribution < -0.4 is 5.32 Å². The Kier molecular flexibility index (Phi) is 4.14. The Morgan fingerprint density at radius 2 is 2.08 bits per heavy atom. The van der Waals surface area contributed by atoms with Gasteiger partial charge in [0, 0.05) is 39.8 Å². The van der Waals surface area contributed by atoms with E-state index in [1.165, 1.54) is 0 Å². The van der Waals surface area contributed by atoms with Gasteiger partial charge in [0.1, 0.15) is 0 Å². The zero-order valence-corrected chi connectivity index (χ0v) is 14.6. The van der Waals surface area contributed by atoms with E-state index >= 15 is 0 Å². The predicted octanol–water partition coefficient (Wildman–Crippen LogP) is 4.26. The highest BCUT2D eigenvalue weighted by atomic mass is 35.5. The summed E-state index contributed by atoms with van der Waals surface area (Å²) in [4.78, 5) is 12.1. The molecule has 1 aliphatic heterocycles. The predicted molar refractivity (Wildman–Crippen MR) is 106 cm³/mol. The highest BCUT2D eigenvalue weighted by Crippen LogP contribution is 2.26. The second-order valence-electron chi connectivity index (χ2n) is 5.88. The molecule has 1 N–H and O–H groups in total. The lowest BCUT2D eigenvalue weighted by atomic mass is 10.1. The van der Waals surface area contributed by atoms with Crippen LogP contribution in [0.4, 0.5) is 5.69 Å². The average Bonchev–Trinajstić information content (AvgIpc) is 3.14. The van der Waals surface area contributed by atoms with Crippen LogP contribution in [0, 0.1) is 0 Å². The molecule has 1 aromatic heterocycles. The largest absolute Gasteiger partial charge is 0.343 e. The molecule has 0 aliphatic carbocycles. The van der Waals surface area contributed by atoms with Gasteiger partial charge in [-0.05, 0) is 24.3 Å². The van der Waals surface area contributed by atoms with Crippen molar-refractivity contribution < 1.29 is 4.79 Å². The third-order valence-corrected chi connectivity index (χ3v) is 4.43. The first-order chi connectivity index (χ1) is 12.7. The number of amides is 1. The van der Waals surface area contributed by atoms with Gasteiger partial charge in [-0.1, -0.05) is 35.9 Å². The number of carbonyl (C=O) groups is 1. The quantitative estimate of drug-likeness (QED) is 0.421. The minimum absolute atomic E-state index is 0.258. The van der Waals surface area contributed by atoms with E-state index in [9.17, 15) is 4.79 Å². The van der Waals surface area contributed by atoms with Crippen LogP contribution in [0.1, 0.15) is 11.1 Å². The molecule has 5 nitrogen and oxygen atoms in total. The Balaban J connectivity index is 1.71. The summed E-state index contributed by atoms with van der Waals surface area (Å²) in [6.07, 6.45) is 5.50.